The van der Waals surface area contributed by atoms with E-state index >= 15 is 0 Å². The minimum absolute atomic E-state index is 0.114. The van der Waals surface area contributed by atoms with Crippen LogP contribution < -0.4 is 16.8 Å². The van der Waals surface area contributed by atoms with Crippen molar-refractivity contribution < 1.29 is 9.90 Å². The molecule has 0 aromatic carbocycles. The lowest BCUT2D eigenvalue weighted by Gasteiger charge is -2.30. The van der Waals surface area contributed by atoms with Crippen molar-refractivity contribution in [3.05, 3.63) is 0 Å². The van der Waals surface area contributed by atoms with Crippen molar-refractivity contribution in [1.82, 2.24) is 5.32 Å². The minimum atomic E-state index is -0.657. The van der Waals surface area contributed by atoms with Gasteiger partial charge in [-0.2, -0.15) is 0 Å². The highest BCUT2D eigenvalue weighted by molar-refractivity contribution is 5.79. The summed E-state index contributed by atoms with van der Waals surface area (Å²) in [5.41, 5.74) is 10.4. The van der Waals surface area contributed by atoms with Crippen molar-refractivity contribution in [3.63, 3.8) is 0 Å². The Morgan fingerprint density at radius 3 is 2.33 bits per heavy atom. The number of aliphatic hydroxyl groups excluding tert-OH is 1. The normalized spacial score (nSPS) is 13.9. The van der Waals surface area contributed by atoms with E-state index < -0.39 is 11.9 Å². The molecule has 0 fully saturated rings. The molecule has 1 unspecified atom stereocenters. The first-order valence-electron chi connectivity index (χ1n) is 5.37. The number of hydrogen-bond acceptors (Lipinski definition) is 4. The van der Waals surface area contributed by atoms with E-state index in [9.17, 15) is 9.90 Å². The van der Waals surface area contributed by atoms with Gasteiger partial charge in [0.2, 0.25) is 5.91 Å². The van der Waals surface area contributed by atoms with Gasteiger partial charge in [0.05, 0.1) is 6.04 Å². The summed E-state index contributed by atoms with van der Waals surface area (Å²) in [4.78, 5) is 10.7. The van der Waals surface area contributed by atoms with Crippen LogP contribution in [-0.2, 0) is 4.79 Å². The number of amides is 1. The Morgan fingerprint density at radius 1 is 1.47 bits per heavy atom. The highest BCUT2D eigenvalue weighted by Gasteiger charge is 2.25. The number of primary amides is 1. The van der Waals surface area contributed by atoms with Gasteiger partial charge in [-0.1, -0.05) is 13.8 Å². The Labute approximate surface area is 91.2 Å². The highest BCUT2D eigenvalue weighted by Crippen LogP contribution is 2.24. The Bertz CT molecular complexity index is 185. The lowest BCUT2D eigenvalue weighted by atomic mass is 9.83. The second kappa shape index (κ2) is 6.76. The summed E-state index contributed by atoms with van der Waals surface area (Å²) < 4.78 is 0. The topological polar surface area (TPSA) is 101 Å². The molecule has 0 aliphatic heterocycles. The van der Waals surface area contributed by atoms with Crippen LogP contribution in [0.25, 0.3) is 0 Å². The van der Waals surface area contributed by atoms with Crippen molar-refractivity contribution >= 4 is 5.91 Å². The van der Waals surface area contributed by atoms with E-state index in [0.29, 0.717) is 13.1 Å². The Kier molecular flexibility index (Phi) is 6.47. The van der Waals surface area contributed by atoms with Crippen LogP contribution in [0.15, 0.2) is 0 Å². The summed E-state index contributed by atoms with van der Waals surface area (Å²) in [5, 5.41) is 12.4. The molecule has 5 nitrogen and oxygen atoms in total. The van der Waals surface area contributed by atoms with Gasteiger partial charge in [-0.05, 0) is 12.8 Å². The second-order valence-electron chi connectivity index (χ2n) is 4.00. The van der Waals surface area contributed by atoms with Crippen LogP contribution >= 0.6 is 0 Å². The van der Waals surface area contributed by atoms with E-state index in [1.807, 2.05) is 13.8 Å². The molecular weight excluding hydrogens is 194 g/mol. The predicted molar refractivity (Wildman–Crippen MR) is 60.1 cm³/mol. The van der Waals surface area contributed by atoms with Gasteiger partial charge in [0, 0.05) is 25.1 Å². The van der Waals surface area contributed by atoms with Crippen LogP contribution in [0.1, 0.15) is 26.7 Å². The molecule has 90 valence electrons. The number of carbonyl (C=O) groups is 1. The largest absolute Gasteiger partial charge is 0.396 e. The molecule has 0 aromatic heterocycles. The van der Waals surface area contributed by atoms with Crippen LogP contribution in [0.3, 0.4) is 0 Å². The predicted octanol–water partition coefficient (Wildman–Crippen LogP) is -0.813. The number of rotatable bonds is 8. The molecule has 0 aliphatic rings. The zero-order valence-corrected chi connectivity index (χ0v) is 9.62. The molecular formula is C10H23N3O2. The maximum Gasteiger partial charge on any atom is 0.235 e. The minimum Gasteiger partial charge on any atom is -0.396 e. The second-order valence-corrected chi connectivity index (χ2v) is 4.00. The summed E-state index contributed by atoms with van der Waals surface area (Å²) in [7, 11) is 0. The van der Waals surface area contributed by atoms with Crippen LogP contribution in [0, 0.1) is 5.41 Å². The monoisotopic (exact) mass is 217 g/mol. The van der Waals surface area contributed by atoms with Crippen LogP contribution in [0.2, 0.25) is 0 Å². The summed E-state index contributed by atoms with van der Waals surface area (Å²) in [6, 6.07) is -0.657. The summed E-state index contributed by atoms with van der Waals surface area (Å²) >= 11 is 0. The Morgan fingerprint density at radius 2 is 2.00 bits per heavy atom. The van der Waals surface area contributed by atoms with E-state index in [1.165, 1.54) is 0 Å². The van der Waals surface area contributed by atoms with Crippen LogP contribution in [-0.4, -0.2) is 36.8 Å². The van der Waals surface area contributed by atoms with Gasteiger partial charge < -0.3 is 21.9 Å². The van der Waals surface area contributed by atoms with Crippen molar-refractivity contribution in [3.8, 4) is 0 Å². The quantitative estimate of drug-likeness (QED) is 0.427. The molecule has 6 N–H and O–H groups in total. The maximum absolute atomic E-state index is 10.7. The molecule has 0 saturated carbocycles. The van der Waals surface area contributed by atoms with E-state index in [0.717, 1.165) is 12.8 Å². The summed E-state index contributed by atoms with van der Waals surface area (Å²) in [5.74, 6) is -0.509. The van der Waals surface area contributed by atoms with Crippen molar-refractivity contribution in [2.45, 2.75) is 32.7 Å². The Hall–Kier alpha value is -0.650. The van der Waals surface area contributed by atoms with Gasteiger partial charge >= 0.3 is 0 Å². The average molecular weight is 217 g/mol. The number of carbonyl (C=O) groups excluding carboxylic acids is 1. The smallest absolute Gasteiger partial charge is 0.235 e. The summed E-state index contributed by atoms with van der Waals surface area (Å²) in [6.45, 7) is 5.22. The lowest BCUT2D eigenvalue weighted by Crippen LogP contribution is -2.47. The van der Waals surface area contributed by atoms with E-state index in [4.69, 9.17) is 11.5 Å². The standard InChI is InChI=1S/C10H23N3O2/c1-3-10(4-2,7-14)6-13-5-8(11)9(12)15/h8,13-14H,3-7,11H2,1-2H3,(H2,12,15). The zero-order chi connectivity index (χ0) is 11.9. The van der Waals surface area contributed by atoms with Crippen molar-refractivity contribution in [2.24, 2.45) is 16.9 Å². The molecule has 0 aromatic rings. The number of nitrogens with one attached hydrogen (secondary N) is 1. The molecule has 0 heterocycles. The highest BCUT2D eigenvalue weighted by atomic mass is 16.3. The van der Waals surface area contributed by atoms with Gasteiger partial charge in [-0.25, -0.2) is 0 Å². The number of aliphatic hydroxyl groups is 1. The van der Waals surface area contributed by atoms with Crippen molar-refractivity contribution in [2.75, 3.05) is 19.7 Å². The first kappa shape index (κ1) is 14.3. The zero-order valence-electron chi connectivity index (χ0n) is 9.62. The van der Waals surface area contributed by atoms with E-state index in [-0.39, 0.29) is 12.0 Å². The van der Waals surface area contributed by atoms with Gasteiger partial charge in [-0.15, -0.1) is 0 Å². The third kappa shape index (κ3) is 4.59. The Balaban J connectivity index is 3.96. The van der Waals surface area contributed by atoms with Gasteiger partial charge in [0.15, 0.2) is 0 Å². The van der Waals surface area contributed by atoms with Gasteiger partial charge in [0.1, 0.15) is 0 Å². The number of nitrogens with two attached hydrogens (primary N) is 2. The lowest BCUT2D eigenvalue weighted by molar-refractivity contribution is -0.119. The molecule has 1 atom stereocenters. The van der Waals surface area contributed by atoms with Crippen LogP contribution in [0.5, 0.6) is 0 Å². The summed E-state index contributed by atoms with van der Waals surface area (Å²) in [6.07, 6.45) is 1.78. The van der Waals surface area contributed by atoms with Crippen molar-refractivity contribution in [1.29, 1.82) is 0 Å². The molecule has 0 aliphatic carbocycles. The van der Waals surface area contributed by atoms with Crippen LogP contribution in [0.4, 0.5) is 0 Å². The molecule has 1 amide bonds. The first-order chi connectivity index (χ1) is 7.01. The maximum atomic E-state index is 10.7. The SMILES string of the molecule is CCC(CC)(CO)CNCC(N)C(N)=O. The molecule has 0 saturated heterocycles. The molecule has 0 radical (unpaired) electrons. The number of hydrogen-bond donors (Lipinski definition) is 4. The van der Waals surface area contributed by atoms with Gasteiger partial charge in [0.25, 0.3) is 0 Å². The average Bonchev–Trinajstić information content (AvgIpc) is 2.24. The van der Waals surface area contributed by atoms with E-state index in [1.54, 1.807) is 0 Å². The first-order valence-corrected chi connectivity index (χ1v) is 5.37. The fraction of sp³-hybridized carbons (Fsp3) is 0.900. The molecule has 15 heavy (non-hydrogen) atoms. The third-order valence-electron chi connectivity index (χ3n) is 3.07. The fourth-order valence-corrected chi connectivity index (χ4v) is 1.37. The fourth-order valence-electron chi connectivity index (χ4n) is 1.37. The molecule has 5 heteroatoms. The van der Waals surface area contributed by atoms with E-state index in [2.05, 4.69) is 5.32 Å². The molecule has 0 rings (SSSR count). The molecule has 0 bridgehead atoms. The van der Waals surface area contributed by atoms with Gasteiger partial charge in [-0.3, -0.25) is 4.79 Å². The third-order valence-corrected chi connectivity index (χ3v) is 3.07. The molecule has 0 spiro atoms.